The highest BCUT2D eigenvalue weighted by Crippen LogP contribution is 2.47. The van der Waals surface area contributed by atoms with Gasteiger partial charge in [0.2, 0.25) is 0 Å². The summed E-state index contributed by atoms with van der Waals surface area (Å²) >= 11 is 0. The maximum atomic E-state index is 10.5. The summed E-state index contributed by atoms with van der Waals surface area (Å²) in [5.74, 6) is 0.892. The first-order valence-electron chi connectivity index (χ1n) is 6.42. The van der Waals surface area contributed by atoms with Gasteiger partial charge in [-0.2, -0.15) is 5.26 Å². The van der Waals surface area contributed by atoms with Crippen LogP contribution < -0.4 is 0 Å². The van der Waals surface area contributed by atoms with Gasteiger partial charge in [0, 0.05) is 0 Å². The molecule has 0 aromatic carbocycles. The maximum Gasteiger partial charge on any atom is 0.0837 e. The van der Waals surface area contributed by atoms with Gasteiger partial charge in [0.1, 0.15) is 0 Å². The van der Waals surface area contributed by atoms with Gasteiger partial charge in [0.15, 0.2) is 0 Å². The molecule has 2 aliphatic carbocycles. The molecule has 1 N–H and O–H groups in total. The molecule has 4 atom stereocenters. The molecule has 0 spiro atoms. The fourth-order valence-electron chi connectivity index (χ4n) is 3.32. The third kappa shape index (κ3) is 2.01. The minimum absolute atomic E-state index is 0.301. The fourth-order valence-corrected chi connectivity index (χ4v) is 3.32. The maximum absolute atomic E-state index is 10.5. The number of allylic oxidation sites excluding steroid dienone is 2. The van der Waals surface area contributed by atoms with Gasteiger partial charge in [0.25, 0.3) is 0 Å². The smallest absolute Gasteiger partial charge is 0.0837 e. The van der Waals surface area contributed by atoms with Crippen molar-refractivity contribution >= 4 is 0 Å². The van der Waals surface area contributed by atoms with Crippen LogP contribution in [-0.4, -0.2) is 11.2 Å². The number of rotatable bonds is 2. The first-order valence-corrected chi connectivity index (χ1v) is 6.42. The Hall–Kier alpha value is -0.810. The van der Waals surface area contributed by atoms with E-state index in [1.165, 1.54) is 0 Å². The summed E-state index contributed by atoms with van der Waals surface area (Å²) in [5, 5.41) is 19.9. The molecule has 0 bridgehead atoms. The van der Waals surface area contributed by atoms with Crippen LogP contribution in [0.1, 0.15) is 45.4 Å². The molecule has 16 heavy (non-hydrogen) atoms. The van der Waals surface area contributed by atoms with E-state index in [2.05, 4.69) is 25.1 Å². The lowest BCUT2D eigenvalue weighted by molar-refractivity contribution is 0.0107. The Morgan fingerprint density at radius 1 is 1.44 bits per heavy atom. The van der Waals surface area contributed by atoms with Crippen molar-refractivity contribution < 1.29 is 5.11 Å². The lowest BCUT2D eigenvalue weighted by Crippen LogP contribution is -2.38. The van der Waals surface area contributed by atoms with Crippen molar-refractivity contribution in [2.45, 2.75) is 51.6 Å². The molecule has 1 fully saturated rings. The molecule has 1 saturated carbocycles. The predicted octanol–water partition coefficient (Wildman–Crippen LogP) is 3.03. The quantitative estimate of drug-likeness (QED) is 0.725. The molecule has 0 aromatic heterocycles. The number of aliphatic hydroxyl groups excluding tert-OH is 1. The molecule has 0 aromatic rings. The molecular formula is C14H21NO. The SMILES string of the molecule is CC1CCC(C#N)(C(O)C2CC=CCC2)C1. The van der Waals surface area contributed by atoms with Crippen LogP contribution in [0.3, 0.4) is 0 Å². The number of nitrogens with zero attached hydrogens (tertiary/aromatic N) is 1. The minimum atomic E-state index is -0.449. The Kier molecular flexibility index (Phi) is 3.35. The first-order chi connectivity index (χ1) is 7.68. The second kappa shape index (κ2) is 4.59. The van der Waals surface area contributed by atoms with E-state index in [1.54, 1.807) is 0 Å². The third-order valence-corrected chi connectivity index (χ3v) is 4.34. The molecule has 0 amide bonds. The number of hydrogen-bond acceptors (Lipinski definition) is 2. The van der Waals surface area contributed by atoms with Crippen molar-refractivity contribution in [2.75, 3.05) is 0 Å². The van der Waals surface area contributed by atoms with E-state index in [1.807, 2.05) is 0 Å². The zero-order chi connectivity index (χ0) is 11.6. The molecular weight excluding hydrogens is 198 g/mol. The Labute approximate surface area is 98.0 Å². The monoisotopic (exact) mass is 219 g/mol. The van der Waals surface area contributed by atoms with Gasteiger partial charge in [-0.25, -0.2) is 0 Å². The second-order valence-corrected chi connectivity index (χ2v) is 5.61. The molecule has 4 unspecified atom stereocenters. The van der Waals surface area contributed by atoms with E-state index in [4.69, 9.17) is 0 Å². The Morgan fingerprint density at radius 2 is 2.25 bits per heavy atom. The van der Waals surface area contributed by atoms with E-state index in [-0.39, 0.29) is 0 Å². The lowest BCUT2D eigenvalue weighted by atomic mass is 9.72. The molecule has 0 saturated heterocycles. The summed E-state index contributed by atoms with van der Waals surface area (Å²) in [6.07, 6.45) is 9.80. The lowest BCUT2D eigenvalue weighted by Gasteiger charge is -2.34. The summed E-state index contributed by atoms with van der Waals surface area (Å²) in [6.45, 7) is 2.19. The van der Waals surface area contributed by atoms with E-state index in [9.17, 15) is 10.4 Å². The van der Waals surface area contributed by atoms with Crippen molar-refractivity contribution in [3.05, 3.63) is 12.2 Å². The Balaban J connectivity index is 2.09. The van der Waals surface area contributed by atoms with Gasteiger partial charge in [0.05, 0.1) is 17.6 Å². The van der Waals surface area contributed by atoms with Crippen LogP contribution in [-0.2, 0) is 0 Å². The summed E-state index contributed by atoms with van der Waals surface area (Å²) in [7, 11) is 0. The molecule has 88 valence electrons. The van der Waals surface area contributed by atoms with Crippen molar-refractivity contribution in [3.63, 3.8) is 0 Å². The van der Waals surface area contributed by atoms with Crippen molar-refractivity contribution in [2.24, 2.45) is 17.3 Å². The highest BCUT2D eigenvalue weighted by Gasteiger charge is 2.46. The van der Waals surface area contributed by atoms with Gasteiger partial charge < -0.3 is 5.11 Å². The number of hydrogen-bond donors (Lipinski definition) is 1. The normalized spacial score (nSPS) is 40.6. The summed E-state index contributed by atoms with van der Waals surface area (Å²) in [5.41, 5.74) is -0.449. The Morgan fingerprint density at radius 3 is 2.75 bits per heavy atom. The first kappa shape index (κ1) is 11.7. The summed E-state index contributed by atoms with van der Waals surface area (Å²) < 4.78 is 0. The van der Waals surface area contributed by atoms with Crippen LogP contribution in [0, 0.1) is 28.6 Å². The van der Waals surface area contributed by atoms with Crippen LogP contribution in [0.15, 0.2) is 12.2 Å². The molecule has 0 aliphatic heterocycles. The van der Waals surface area contributed by atoms with E-state index in [0.717, 1.165) is 38.5 Å². The van der Waals surface area contributed by atoms with Crippen LogP contribution in [0.2, 0.25) is 0 Å². The van der Waals surface area contributed by atoms with Crippen LogP contribution >= 0.6 is 0 Å². The minimum Gasteiger partial charge on any atom is -0.391 e. The zero-order valence-corrected chi connectivity index (χ0v) is 10.0. The van der Waals surface area contributed by atoms with Crippen LogP contribution in [0.25, 0.3) is 0 Å². The highest BCUT2D eigenvalue weighted by molar-refractivity contribution is 5.10. The van der Waals surface area contributed by atoms with Crippen LogP contribution in [0.5, 0.6) is 0 Å². The number of nitriles is 1. The Bertz CT molecular complexity index is 317. The predicted molar refractivity (Wildman–Crippen MR) is 63.5 cm³/mol. The summed E-state index contributed by atoms with van der Waals surface area (Å²) in [6, 6.07) is 2.43. The van der Waals surface area contributed by atoms with Crippen molar-refractivity contribution in [1.29, 1.82) is 5.26 Å². The van der Waals surface area contributed by atoms with Gasteiger partial charge in [-0.05, 0) is 50.4 Å². The topological polar surface area (TPSA) is 44.0 Å². The average Bonchev–Trinajstić information content (AvgIpc) is 2.72. The highest BCUT2D eigenvalue weighted by atomic mass is 16.3. The molecule has 0 heterocycles. The standard InChI is InChI=1S/C14H21NO/c1-11-7-8-14(9-11,10-15)13(16)12-5-3-2-4-6-12/h2-3,11-13,16H,4-9H2,1H3. The molecule has 2 nitrogen and oxygen atoms in total. The molecule has 0 radical (unpaired) electrons. The van der Waals surface area contributed by atoms with Crippen molar-refractivity contribution in [3.8, 4) is 6.07 Å². The van der Waals surface area contributed by atoms with Crippen molar-refractivity contribution in [1.82, 2.24) is 0 Å². The summed E-state index contributed by atoms with van der Waals surface area (Å²) in [4.78, 5) is 0. The van der Waals surface area contributed by atoms with E-state index < -0.39 is 11.5 Å². The van der Waals surface area contributed by atoms with Gasteiger partial charge in [-0.15, -0.1) is 0 Å². The van der Waals surface area contributed by atoms with Crippen LogP contribution in [0.4, 0.5) is 0 Å². The molecule has 2 rings (SSSR count). The largest absolute Gasteiger partial charge is 0.391 e. The second-order valence-electron chi connectivity index (χ2n) is 5.61. The molecule has 2 aliphatic rings. The third-order valence-electron chi connectivity index (χ3n) is 4.34. The molecule has 2 heteroatoms. The zero-order valence-electron chi connectivity index (χ0n) is 10.0. The van der Waals surface area contributed by atoms with E-state index in [0.29, 0.717) is 11.8 Å². The van der Waals surface area contributed by atoms with Gasteiger partial charge >= 0.3 is 0 Å². The average molecular weight is 219 g/mol. The fraction of sp³-hybridized carbons (Fsp3) is 0.786. The van der Waals surface area contributed by atoms with E-state index >= 15 is 0 Å². The number of aliphatic hydroxyl groups is 1. The van der Waals surface area contributed by atoms with Gasteiger partial charge in [-0.1, -0.05) is 19.1 Å². The van der Waals surface area contributed by atoms with Gasteiger partial charge in [-0.3, -0.25) is 0 Å².